The van der Waals surface area contributed by atoms with E-state index in [0.717, 1.165) is 5.56 Å². The molecular weight excluding hydrogens is 272 g/mol. The summed E-state index contributed by atoms with van der Waals surface area (Å²) in [7, 11) is 0. The average Bonchev–Trinajstić information content (AvgIpc) is 2.92. The molecule has 2 aromatic heterocycles. The topological polar surface area (TPSA) is 90.1 Å². The van der Waals surface area contributed by atoms with Crippen LogP contribution in [0.25, 0.3) is 11.3 Å². The highest BCUT2D eigenvalue weighted by atomic mass is 16.5. The normalized spacial score (nSPS) is 12.1. The maximum Gasteiger partial charge on any atom is 0.361 e. The van der Waals surface area contributed by atoms with Crippen LogP contribution >= 0.6 is 0 Å². The van der Waals surface area contributed by atoms with E-state index < -0.39 is 5.97 Å². The fraction of sp³-hybridized carbons (Fsp3) is 0.429. The smallest absolute Gasteiger partial charge is 0.361 e. The van der Waals surface area contributed by atoms with Crippen molar-refractivity contribution in [3.05, 3.63) is 30.2 Å². The first-order valence-corrected chi connectivity index (χ1v) is 6.79. The van der Waals surface area contributed by atoms with Crippen LogP contribution in [0.3, 0.4) is 0 Å². The third-order valence-corrected chi connectivity index (χ3v) is 2.94. The highest BCUT2D eigenvalue weighted by molar-refractivity contribution is 5.93. The van der Waals surface area contributed by atoms with Crippen molar-refractivity contribution in [1.29, 1.82) is 0 Å². The molecule has 0 spiro atoms. The minimum absolute atomic E-state index is 0.00262. The number of aliphatic hydroxyl groups is 1. The van der Waals surface area contributed by atoms with E-state index in [4.69, 9.17) is 4.74 Å². The SMILES string of the molecule is CCOC(=O)c1nnn(CC(C)CO)c1-c1cccnc1. The van der Waals surface area contributed by atoms with Gasteiger partial charge in [0.05, 0.1) is 6.61 Å². The highest BCUT2D eigenvalue weighted by Gasteiger charge is 2.23. The molecule has 0 saturated heterocycles. The van der Waals surface area contributed by atoms with Crippen molar-refractivity contribution in [3.63, 3.8) is 0 Å². The predicted octanol–water partition coefficient (Wildman–Crippen LogP) is 1.15. The maximum absolute atomic E-state index is 12.0. The second-order valence-electron chi connectivity index (χ2n) is 4.72. The summed E-state index contributed by atoms with van der Waals surface area (Å²) >= 11 is 0. The molecule has 0 bridgehead atoms. The van der Waals surface area contributed by atoms with Gasteiger partial charge in [-0.1, -0.05) is 12.1 Å². The van der Waals surface area contributed by atoms with Crippen molar-refractivity contribution in [2.24, 2.45) is 5.92 Å². The van der Waals surface area contributed by atoms with E-state index in [1.54, 1.807) is 30.1 Å². The Morgan fingerprint density at radius 3 is 2.95 bits per heavy atom. The van der Waals surface area contributed by atoms with Gasteiger partial charge in [0.15, 0.2) is 5.69 Å². The lowest BCUT2D eigenvalue weighted by Gasteiger charge is -2.11. The summed E-state index contributed by atoms with van der Waals surface area (Å²) in [5, 5.41) is 17.1. The van der Waals surface area contributed by atoms with E-state index in [-0.39, 0.29) is 24.8 Å². The molecule has 2 heterocycles. The van der Waals surface area contributed by atoms with Crippen molar-refractivity contribution >= 4 is 5.97 Å². The second-order valence-corrected chi connectivity index (χ2v) is 4.72. The molecule has 0 aliphatic carbocycles. The molecule has 0 fully saturated rings. The molecule has 2 aromatic rings. The zero-order chi connectivity index (χ0) is 15.2. The minimum Gasteiger partial charge on any atom is -0.461 e. The number of esters is 1. The van der Waals surface area contributed by atoms with Crippen LogP contribution in [0.2, 0.25) is 0 Å². The van der Waals surface area contributed by atoms with Crippen LogP contribution in [0.1, 0.15) is 24.3 Å². The largest absolute Gasteiger partial charge is 0.461 e. The summed E-state index contributed by atoms with van der Waals surface area (Å²) in [5.41, 5.74) is 1.45. The Labute approximate surface area is 122 Å². The quantitative estimate of drug-likeness (QED) is 0.802. The lowest BCUT2D eigenvalue weighted by atomic mass is 10.1. The summed E-state index contributed by atoms with van der Waals surface area (Å²) in [6, 6.07) is 3.60. The first-order valence-electron chi connectivity index (χ1n) is 6.79. The fourth-order valence-electron chi connectivity index (χ4n) is 1.92. The predicted molar refractivity (Wildman–Crippen MR) is 75.5 cm³/mol. The molecule has 7 heteroatoms. The van der Waals surface area contributed by atoms with E-state index in [9.17, 15) is 9.90 Å². The van der Waals surface area contributed by atoms with E-state index in [1.165, 1.54) is 0 Å². The number of aromatic nitrogens is 4. The standard InChI is InChI=1S/C14H18N4O3/c1-3-21-14(20)12-13(11-5-4-6-15-7-11)18(17-16-12)8-10(2)9-19/h4-7,10,19H,3,8-9H2,1-2H3. The van der Waals surface area contributed by atoms with Gasteiger partial charge in [-0.15, -0.1) is 5.10 Å². The molecule has 112 valence electrons. The van der Waals surface area contributed by atoms with Crippen LogP contribution in [0.4, 0.5) is 0 Å². The van der Waals surface area contributed by atoms with E-state index in [0.29, 0.717) is 12.2 Å². The Hall–Kier alpha value is -2.28. The lowest BCUT2D eigenvalue weighted by molar-refractivity contribution is 0.0520. The van der Waals surface area contributed by atoms with Crippen LogP contribution in [0, 0.1) is 5.92 Å². The van der Waals surface area contributed by atoms with Gasteiger partial charge >= 0.3 is 5.97 Å². The third kappa shape index (κ3) is 3.43. The third-order valence-electron chi connectivity index (χ3n) is 2.94. The molecule has 1 N–H and O–H groups in total. The molecule has 21 heavy (non-hydrogen) atoms. The molecule has 1 atom stereocenters. The molecule has 0 amide bonds. The number of carbonyl (C=O) groups is 1. The van der Waals surface area contributed by atoms with Gasteiger partial charge in [-0.3, -0.25) is 4.98 Å². The Bertz CT molecular complexity index is 598. The Morgan fingerprint density at radius 1 is 1.52 bits per heavy atom. The number of rotatable bonds is 6. The number of hydrogen-bond acceptors (Lipinski definition) is 6. The van der Waals surface area contributed by atoms with Crippen molar-refractivity contribution in [2.75, 3.05) is 13.2 Å². The van der Waals surface area contributed by atoms with Crippen LogP contribution in [0.15, 0.2) is 24.5 Å². The summed E-state index contributed by atoms with van der Waals surface area (Å²) in [6.07, 6.45) is 3.29. The van der Waals surface area contributed by atoms with Gasteiger partial charge in [-0.25, -0.2) is 9.48 Å². The molecular formula is C14H18N4O3. The summed E-state index contributed by atoms with van der Waals surface area (Å²) < 4.78 is 6.61. The average molecular weight is 290 g/mol. The Morgan fingerprint density at radius 2 is 2.33 bits per heavy atom. The van der Waals surface area contributed by atoms with E-state index >= 15 is 0 Å². The number of carbonyl (C=O) groups excluding carboxylic acids is 1. The van der Waals surface area contributed by atoms with Gasteiger partial charge < -0.3 is 9.84 Å². The van der Waals surface area contributed by atoms with Gasteiger partial charge in [-0.2, -0.15) is 0 Å². The fourth-order valence-corrected chi connectivity index (χ4v) is 1.92. The molecule has 0 aromatic carbocycles. The van der Waals surface area contributed by atoms with Crippen molar-refractivity contribution in [3.8, 4) is 11.3 Å². The van der Waals surface area contributed by atoms with Gasteiger partial charge in [0.2, 0.25) is 0 Å². The highest BCUT2D eigenvalue weighted by Crippen LogP contribution is 2.22. The van der Waals surface area contributed by atoms with Crippen LogP contribution in [-0.4, -0.2) is 44.3 Å². The molecule has 0 aliphatic heterocycles. The monoisotopic (exact) mass is 290 g/mol. The zero-order valence-electron chi connectivity index (χ0n) is 12.1. The molecule has 2 rings (SSSR count). The first-order chi connectivity index (χ1) is 10.2. The van der Waals surface area contributed by atoms with Gasteiger partial charge in [0, 0.05) is 31.1 Å². The van der Waals surface area contributed by atoms with Crippen molar-refractivity contribution in [1.82, 2.24) is 20.0 Å². The van der Waals surface area contributed by atoms with Crippen LogP contribution in [-0.2, 0) is 11.3 Å². The molecule has 1 unspecified atom stereocenters. The Balaban J connectivity index is 2.45. The summed E-state index contributed by atoms with van der Waals surface area (Å²) in [4.78, 5) is 16.1. The summed E-state index contributed by atoms with van der Waals surface area (Å²) in [5.74, 6) is -0.517. The number of pyridine rings is 1. The van der Waals surface area contributed by atoms with Gasteiger partial charge in [-0.05, 0) is 25.0 Å². The molecule has 0 radical (unpaired) electrons. The number of hydrogen-bond donors (Lipinski definition) is 1. The zero-order valence-corrected chi connectivity index (χ0v) is 12.1. The Kier molecular flexibility index (Phi) is 4.99. The van der Waals surface area contributed by atoms with Crippen LogP contribution < -0.4 is 0 Å². The second kappa shape index (κ2) is 6.94. The molecule has 0 saturated carbocycles. The van der Waals surface area contributed by atoms with Gasteiger partial charge in [0.1, 0.15) is 5.69 Å². The maximum atomic E-state index is 12.0. The van der Waals surface area contributed by atoms with Gasteiger partial charge in [0.25, 0.3) is 0 Å². The first kappa shape index (κ1) is 15.1. The molecule has 7 nitrogen and oxygen atoms in total. The minimum atomic E-state index is -0.515. The number of nitrogens with zero attached hydrogens (tertiary/aromatic N) is 4. The number of aliphatic hydroxyl groups excluding tert-OH is 1. The lowest BCUT2D eigenvalue weighted by Crippen LogP contribution is -2.14. The van der Waals surface area contributed by atoms with Crippen molar-refractivity contribution in [2.45, 2.75) is 20.4 Å². The number of ether oxygens (including phenoxy) is 1. The van der Waals surface area contributed by atoms with E-state index in [2.05, 4.69) is 15.3 Å². The van der Waals surface area contributed by atoms with Crippen LogP contribution in [0.5, 0.6) is 0 Å². The summed E-state index contributed by atoms with van der Waals surface area (Å²) in [6.45, 7) is 4.37. The molecule has 0 aliphatic rings. The van der Waals surface area contributed by atoms with E-state index in [1.807, 2.05) is 13.0 Å². The van der Waals surface area contributed by atoms with Crippen molar-refractivity contribution < 1.29 is 14.6 Å².